The Morgan fingerprint density at radius 2 is 2.12 bits per heavy atom. The first-order valence-corrected chi connectivity index (χ1v) is 8.55. The Morgan fingerprint density at radius 1 is 1.33 bits per heavy atom. The van der Waals surface area contributed by atoms with Crippen molar-refractivity contribution >= 4 is 27.4 Å². The number of nitrogens with zero attached hydrogens (tertiary/aromatic N) is 2. The van der Waals surface area contributed by atoms with Crippen LogP contribution in [0, 0.1) is 11.3 Å². The smallest absolute Gasteiger partial charge is 0.161 e. The number of carbonyl (C=O) groups is 1. The topological polar surface area (TPSA) is 53.3 Å². The molecule has 2 aromatic carbocycles. The van der Waals surface area contributed by atoms with Crippen molar-refractivity contribution in [2.24, 2.45) is 0 Å². The second-order valence-corrected chi connectivity index (χ2v) is 6.58. The lowest BCUT2D eigenvalue weighted by molar-refractivity contribution is 0.0393. The molecule has 1 heterocycles. The van der Waals surface area contributed by atoms with E-state index in [1.54, 1.807) is 25.1 Å². The Labute approximate surface area is 149 Å². The number of ketones is 1. The number of nitriles is 1. The molecule has 0 aliphatic carbocycles. The highest BCUT2D eigenvalue weighted by Crippen LogP contribution is 2.32. The van der Waals surface area contributed by atoms with Gasteiger partial charge >= 0.3 is 0 Å². The molecule has 0 radical (unpaired) electrons. The number of ether oxygens (including phenoxy) is 1. The van der Waals surface area contributed by atoms with Crippen molar-refractivity contribution in [1.82, 2.24) is 0 Å². The monoisotopic (exact) mass is 384 g/mol. The van der Waals surface area contributed by atoms with Crippen molar-refractivity contribution in [2.45, 2.75) is 13.0 Å². The molecule has 1 aliphatic heterocycles. The normalized spacial score (nSPS) is 17.4. The van der Waals surface area contributed by atoms with Gasteiger partial charge in [-0.3, -0.25) is 4.79 Å². The van der Waals surface area contributed by atoms with Crippen LogP contribution < -0.4 is 4.90 Å². The van der Waals surface area contributed by atoms with Crippen LogP contribution >= 0.6 is 15.9 Å². The highest BCUT2D eigenvalue weighted by atomic mass is 79.9. The summed E-state index contributed by atoms with van der Waals surface area (Å²) in [6, 6.07) is 15.3. The Bertz CT molecular complexity index is 813. The highest BCUT2D eigenvalue weighted by Gasteiger charge is 2.25. The number of halogens is 1. The first kappa shape index (κ1) is 16.7. The van der Waals surface area contributed by atoms with Crippen molar-refractivity contribution in [3.05, 3.63) is 63.6 Å². The summed E-state index contributed by atoms with van der Waals surface area (Å²) in [5.41, 5.74) is 3.09. The van der Waals surface area contributed by atoms with Crippen LogP contribution in [0.3, 0.4) is 0 Å². The fourth-order valence-electron chi connectivity index (χ4n) is 2.95. The minimum atomic E-state index is -0.0834. The summed E-state index contributed by atoms with van der Waals surface area (Å²) >= 11 is 3.57. The lowest BCUT2D eigenvalue weighted by Gasteiger charge is -2.36. The molecular formula is C19H17BrN2O2. The molecule has 5 heteroatoms. The maximum atomic E-state index is 12.0. The zero-order valence-corrected chi connectivity index (χ0v) is 14.9. The number of hydrogen-bond acceptors (Lipinski definition) is 4. The quantitative estimate of drug-likeness (QED) is 0.747. The third-order valence-corrected chi connectivity index (χ3v) is 4.89. The molecule has 0 aromatic heterocycles. The number of Topliss-reactive ketones (excluding diaryl/α,β-unsaturated/α-hetero) is 1. The molecule has 1 fully saturated rings. The standard InChI is InChI=1S/C19H17BrN2O2/c1-13(23)15-7-6-14(11-21)10-18(15)22-8-9-24-19(12-22)16-4-2-3-5-17(16)20/h2-7,10,19H,8-9,12H2,1H3. The van der Waals surface area contributed by atoms with Crippen LogP contribution in [0.5, 0.6) is 0 Å². The highest BCUT2D eigenvalue weighted by molar-refractivity contribution is 9.10. The van der Waals surface area contributed by atoms with Crippen LogP contribution in [0.4, 0.5) is 5.69 Å². The Kier molecular flexibility index (Phi) is 4.98. The molecule has 1 aliphatic rings. The van der Waals surface area contributed by atoms with Gasteiger partial charge in [0, 0.05) is 28.8 Å². The summed E-state index contributed by atoms with van der Waals surface area (Å²) in [6.07, 6.45) is -0.0834. The van der Waals surface area contributed by atoms with Gasteiger partial charge in [0.15, 0.2) is 5.78 Å². The molecule has 1 saturated heterocycles. The van der Waals surface area contributed by atoms with E-state index in [0.29, 0.717) is 30.8 Å². The molecule has 1 atom stereocenters. The maximum Gasteiger partial charge on any atom is 0.161 e. The van der Waals surface area contributed by atoms with Crippen LogP contribution in [0.25, 0.3) is 0 Å². The predicted octanol–water partition coefficient (Wildman–Crippen LogP) is 4.10. The van der Waals surface area contributed by atoms with Gasteiger partial charge in [-0.1, -0.05) is 34.1 Å². The zero-order chi connectivity index (χ0) is 17.1. The van der Waals surface area contributed by atoms with E-state index in [-0.39, 0.29) is 11.9 Å². The number of anilines is 1. The van der Waals surface area contributed by atoms with E-state index in [2.05, 4.69) is 26.9 Å². The molecule has 0 N–H and O–H groups in total. The Balaban J connectivity index is 1.94. The molecule has 4 nitrogen and oxygen atoms in total. The van der Waals surface area contributed by atoms with E-state index in [1.807, 2.05) is 24.3 Å². The third kappa shape index (κ3) is 3.35. The number of benzene rings is 2. The largest absolute Gasteiger partial charge is 0.370 e. The number of rotatable bonds is 3. The predicted molar refractivity (Wildman–Crippen MR) is 96.2 cm³/mol. The summed E-state index contributed by atoms with van der Waals surface area (Å²) in [6.45, 7) is 3.45. The minimum Gasteiger partial charge on any atom is -0.370 e. The van der Waals surface area contributed by atoms with Crippen molar-refractivity contribution in [3.8, 4) is 6.07 Å². The number of hydrogen-bond donors (Lipinski definition) is 0. The van der Waals surface area contributed by atoms with Gasteiger partial charge in [0.1, 0.15) is 6.10 Å². The van der Waals surface area contributed by atoms with Gasteiger partial charge in [0.05, 0.1) is 18.2 Å². The van der Waals surface area contributed by atoms with Gasteiger partial charge in [0.25, 0.3) is 0 Å². The van der Waals surface area contributed by atoms with Gasteiger partial charge in [0.2, 0.25) is 0 Å². The average Bonchev–Trinajstić information content (AvgIpc) is 2.61. The lowest BCUT2D eigenvalue weighted by atomic mass is 10.0. The Morgan fingerprint density at radius 3 is 2.83 bits per heavy atom. The maximum absolute atomic E-state index is 12.0. The first-order chi connectivity index (χ1) is 11.6. The van der Waals surface area contributed by atoms with Crippen LogP contribution in [0.2, 0.25) is 0 Å². The SMILES string of the molecule is CC(=O)c1ccc(C#N)cc1N1CCOC(c2ccccc2Br)C1. The second kappa shape index (κ2) is 7.16. The summed E-state index contributed by atoms with van der Waals surface area (Å²) in [4.78, 5) is 14.1. The molecule has 2 aromatic rings. The van der Waals surface area contributed by atoms with Crippen LogP contribution in [0.1, 0.15) is 34.5 Å². The zero-order valence-electron chi connectivity index (χ0n) is 13.3. The van der Waals surface area contributed by atoms with E-state index >= 15 is 0 Å². The van der Waals surface area contributed by atoms with Crippen molar-refractivity contribution in [1.29, 1.82) is 5.26 Å². The molecule has 3 rings (SSSR count). The molecule has 0 bridgehead atoms. The molecule has 122 valence electrons. The molecular weight excluding hydrogens is 368 g/mol. The number of morpholine rings is 1. The molecule has 24 heavy (non-hydrogen) atoms. The lowest BCUT2D eigenvalue weighted by Crippen LogP contribution is -2.39. The van der Waals surface area contributed by atoms with Gasteiger partial charge in [-0.05, 0) is 36.8 Å². The summed E-state index contributed by atoms with van der Waals surface area (Å²) in [5.74, 6) is -0.00146. The second-order valence-electron chi connectivity index (χ2n) is 5.73. The van der Waals surface area contributed by atoms with Crippen molar-refractivity contribution in [2.75, 3.05) is 24.6 Å². The van der Waals surface area contributed by atoms with E-state index in [0.717, 1.165) is 15.7 Å². The Hall–Kier alpha value is -2.16. The summed E-state index contributed by atoms with van der Waals surface area (Å²) in [5, 5.41) is 9.17. The number of carbonyl (C=O) groups excluding carboxylic acids is 1. The fourth-order valence-corrected chi connectivity index (χ4v) is 3.49. The van der Waals surface area contributed by atoms with Crippen LogP contribution in [-0.4, -0.2) is 25.5 Å². The summed E-state index contributed by atoms with van der Waals surface area (Å²) in [7, 11) is 0. The first-order valence-electron chi connectivity index (χ1n) is 7.76. The molecule has 0 saturated carbocycles. The van der Waals surface area contributed by atoms with E-state index in [4.69, 9.17) is 4.74 Å². The molecule has 0 spiro atoms. The van der Waals surface area contributed by atoms with Gasteiger partial charge in [-0.2, -0.15) is 5.26 Å². The van der Waals surface area contributed by atoms with Gasteiger partial charge in [-0.25, -0.2) is 0 Å². The molecule has 1 unspecified atom stereocenters. The van der Waals surface area contributed by atoms with Gasteiger partial charge < -0.3 is 9.64 Å². The van der Waals surface area contributed by atoms with Gasteiger partial charge in [-0.15, -0.1) is 0 Å². The van der Waals surface area contributed by atoms with Crippen LogP contribution in [-0.2, 0) is 4.74 Å². The fraction of sp³-hybridized carbons (Fsp3) is 0.263. The minimum absolute atomic E-state index is 0.00146. The average molecular weight is 385 g/mol. The summed E-state index contributed by atoms with van der Waals surface area (Å²) < 4.78 is 6.94. The van der Waals surface area contributed by atoms with E-state index in [1.165, 1.54) is 0 Å². The van der Waals surface area contributed by atoms with Crippen LogP contribution in [0.15, 0.2) is 46.9 Å². The third-order valence-electron chi connectivity index (χ3n) is 4.17. The van der Waals surface area contributed by atoms with Crippen molar-refractivity contribution < 1.29 is 9.53 Å². The van der Waals surface area contributed by atoms with E-state index < -0.39 is 0 Å². The molecule has 0 amide bonds. The van der Waals surface area contributed by atoms with E-state index in [9.17, 15) is 10.1 Å². The van der Waals surface area contributed by atoms with Crippen molar-refractivity contribution in [3.63, 3.8) is 0 Å².